The summed E-state index contributed by atoms with van der Waals surface area (Å²) in [6.07, 6.45) is 7.05. The SMILES string of the molecule is CCCCCC(OCc1ccc(OC)cc1)c1ccc([C@H]2[C@H](O[Si](C)(C(C(C)(C)C)C(C)(C)C)C(C)(C)C)CC(=O)[C@@H]2CCCc2ccc(C(=O)OC)s2)cc1. The Labute approximate surface area is 344 Å². The lowest BCUT2D eigenvalue weighted by Gasteiger charge is -2.56. The van der Waals surface area contributed by atoms with E-state index in [4.69, 9.17) is 18.6 Å². The molecule has 8 heteroatoms. The van der Waals surface area contributed by atoms with Crippen LogP contribution in [0.3, 0.4) is 0 Å². The first kappa shape index (κ1) is 45.9. The van der Waals surface area contributed by atoms with Crippen LogP contribution in [0.5, 0.6) is 5.75 Å². The van der Waals surface area contributed by atoms with Crippen LogP contribution < -0.4 is 4.74 Å². The fourth-order valence-electron chi connectivity index (χ4n) is 9.78. The lowest BCUT2D eigenvalue weighted by atomic mass is 9.76. The molecule has 1 fully saturated rings. The van der Waals surface area contributed by atoms with Crippen molar-refractivity contribution in [2.75, 3.05) is 14.2 Å². The lowest BCUT2D eigenvalue weighted by Crippen LogP contribution is -2.58. The van der Waals surface area contributed by atoms with Gasteiger partial charge >= 0.3 is 5.97 Å². The number of ether oxygens (including phenoxy) is 3. The Morgan fingerprint density at radius 2 is 1.50 bits per heavy atom. The van der Waals surface area contributed by atoms with Crippen molar-refractivity contribution in [3.05, 3.63) is 87.1 Å². The fraction of sp³-hybridized carbons (Fsp3) is 0.625. The van der Waals surface area contributed by atoms with Crippen LogP contribution in [0.2, 0.25) is 17.1 Å². The summed E-state index contributed by atoms with van der Waals surface area (Å²) in [6, 6.07) is 21.0. The Morgan fingerprint density at radius 3 is 2.05 bits per heavy atom. The Balaban J connectivity index is 1.68. The molecule has 0 N–H and O–H groups in total. The van der Waals surface area contributed by atoms with Gasteiger partial charge in [-0.1, -0.05) is 125 Å². The molecule has 5 atom stereocenters. The van der Waals surface area contributed by atoms with Crippen LogP contribution in [-0.4, -0.2) is 40.4 Å². The molecule has 310 valence electrons. The van der Waals surface area contributed by atoms with Gasteiger partial charge in [-0.15, -0.1) is 11.3 Å². The maximum atomic E-state index is 14.3. The van der Waals surface area contributed by atoms with Gasteiger partial charge in [0.25, 0.3) is 0 Å². The zero-order valence-corrected chi connectivity index (χ0v) is 38.7. The number of Topliss-reactive ketones (excluding diaryl/α,β-unsaturated/α-hetero) is 1. The van der Waals surface area contributed by atoms with Crippen molar-refractivity contribution in [3.63, 3.8) is 0 Å². The van der Waals surface area contributed by atoms with Gasteiger partial charge in [0.05, 0.1) is 33.0 Å². The molecule has 3 aromatic rings. The van der Waals surface area contributed by atoms with Crippen molar-refractivity contribution >= 4 is 31.4 Å². The van der Waals surface area contributed by atoms with Crippen molar-refractivity contribution in [3.8, 4) is 5.75 Å². The molecule has 1 saturated carbocycles. The fourth-order valence-corrected chi connectivity index (χ4v) is 16.3. The molecule has 0 aliphatic heterocycles. The maximum Gasteiger partial charge on any atom is 0.348 e. The summed E-state index contributed by atoms with van der Waals surface area (Å²) in [7, 11) is 0.537. The first-order valence-corrected chi connectivity index (χ1v) is 24.3. The molecule has 0 saturated heterocycles. The Morgan fingerprint density at radius 1 is 0.857 bits per heavy atom. The third kappa shape index (κ3) is 11.4. The summed E-state index contributed by atoms with van der Waals surface area (Å²) in [5.41, 5.74) is 3.85. The van der Waals surface area contributed by atoms with Crippen LogP contribution in [0.25, 0.3) is 0 Å². The molecule has 0 bridgehead atoms. The Hall–Kier alpha value is -2.78. The van der Waals surface area contributed by atoms with Gasteiger partial charge in [0.1, 0.15) is 16.4 Å². The summed E-state index contributed by atoms with van der Waals surface area (Å²) >= 11 is 1.48. The second-order valence-corrected chi connectivity index (χ2v) is 25.1. The first-order valence-electron chi connectivity index (χ1n) is 21.0. The number of hydrogen-bond donors (Lipinski definition) is 0. The number of methoxy groups -OCH3 is 2. The smallest absolute Gasteiger partial charge is 0.348 e. The van der Waals surface area contributed by atoms with E-state index in [9.17, 15) is 9.59 Å². The van der Waals surface area contributed by atoms with Crippen molar-refractivity contribution in [2.45, 2.75) is 162 Å². The molecular weight excluding hydrogens is 733 g/mol. The van der Waals surface area contributed by atoms with Gasteiger partial charge < -0.3 is 18.6 Å². The van der Waals surface area contributed by atoms with Crippen LogP contribution in [0.15, 0.2) is 60.7 Å². The van der Waals surface area contributed by atoms with Gasteiger partial charge in [-0.05, 0) is 94.6 Å². The molecule has 56 heavy (non-hydrogen) atoms. The summed E-state index contributed by atoms with van der Waals surface area (Å²) in [4.78, 5) is 28.1. The minimum atomic E-state index is -2.56. The molecular formula is C48H72O6SSi. The number of hydrogen-bond acceptors (Lipinski definition) is 7. The summed E-state index contributed by atoms with van der Waals surface area (Å²) in [6.45, 7) is 26.5. The summed E-state index contributed by atoms with van der Waals surface area (Å²) < 4.78 is 24.7. The average Bonchev–Trinajstić information content (AvgIpc) is 3.71. The van der Waals surface area contributed by atoms with Crippen LogP contribution in [0.1, 0.15) is 157 Å². The van der Waals surface area contributed by atoms with E-state index in [2.05, 4.69) is 112 Å². The van der Waals surface area contributed by atoms with E-state index in [-0.39, 0.29) is 45.9 Å². The molecule has 2 aromatic carbocycles. The number of ketones is 1. The Bertz CT molecular complexity index is 1680. The highest BCUT2D eigenvalue weighted by molar-refractivity contribution is 7.13. The first-order chi connectivity index (χ1) is 26.2. The zero-order valence-electron chi connectivity index (χ0n) is 36.9. The van der Waals surface area contributed by atoms with E-state index in [1.54, 1.807) is 7.11 Å². The summed E-state index contributed by atoms with van der Waals surface area (Å²) in [5.74, 6) is 0.660. The number of unbranched alkanes of at least 4 members (excludes halogenated alkanes) is 2. The number of benzene rings is 2. The van der Waals surface area contributed by atoms with Crippen molar-refractivity contribution in [1.29, 1.82) is 0 Å². The maximum absolute atomic E-state index is 14.3. The molecule has 1 aliphatic carbocycles. The van der Waals surface area contributed by atoms with E-state index in [0.717, 1.165) is 54.7 Å². The van der Waals surface area contributed by atoms with E-state index in [1.165, 1.54) is 36.0 Å². The highest BCUT2D eigenvalue weighted by Gasteiger charge is 2.59. The normalized spacial score (nSPS) is 19.6. The van der Waals surface area contributed by atoms with Gasteiger partial charge in [-0.3, -0.25) is 4.79 Å². The van der Waals surface area contributed by atoms with Crippen LogP contribution >= 0.6 is 11.3 Å². The number of carbonyl (C=O) groups is 2. The standard InChI is InChI=1S/C48H72O6SSi/c1-14-15-16-20-40(53-32-33-21-27-36(51-11)28-22-33)34-23-25-35(26-24-34)43-38(19-17-18-37-29-30-42(55-37)44(50)52-12)39(49)31-41(43)54-56(13,48(8,9)10)45(46(2,3)4)47(5,6)7/h21-30,38,40-41,43,45H,14-20,31-32H2,1-13H3/t38-,40?,41+,43+,56?/m0/s1. The topological polar surface area (TPSA) is 71.1 Å². The second-order valence-electron chi connectivity index (χ2n) is 19.4. The predicted octanol–water partition coefficient (Wildman–Crippen LogP) is 13.3. The molecule has 4 rings (SSSR count). The van der Waals surface area contributed by atoms with E-state index in [0.29, 0.717) is 29.2 Å². The van der Waals surface area contributed by atoms with Crippen molar-refractivity contribution < 1.29 is 28.2 Å². The molecule has 1 heterocycles. The number of esters is 1. The lowest BCUT2D eigenvalue weighted by molar-refractivity contribution is -0.121. The largest absolute Gasteiger partial charge is 0.497 e. The van der Waals surface area contributed by atoms with E-state index in [1.807, 2.05) is 24.3 Å². The number of aryl methyl sites for hydroxylation is 1. The second kappa shape index (κ2) is 19.3. The van der Waals surface area contributed by atoms with Crippen LogP contribution in [0.4, 0.5) is 0 Å². The minimum absolute atomic E-state index is 0.0219. The minimum Gasteiger partial charge on any atom is -0.497 e. The van der Waals surface area contributed by atoms with Gasteiger partial charge in [0, 0.05) is 23.1 Å². The molecule has 0 spiro atoms. The van der Waals surface area contributed by atoms with E-state index >= 15 is 0 Å². The van der Waals surface area contributed by atoms with Gasteiger partial charge in [-0.2, -0.15) is 0 Å². The quantitative estimate of drug-likeness (QED) is 0.0724. The highest BCUT2D eigenvalue weighted by Crippen LogP contribution is 2.60. The molecule has 2 unspecified atom stereocenters. The average molecular weight is 805 g/mol. The zero-order chi connectivity index (χ0) is 41.5. The van der Waals surface area contributed by atoms with Crippen molar-refractivity contribution in [2.24, 2.45) is 16.7 Å². The third-order valence-corrected chi connectivity index (χ3v) is 19.9. The number of thiophene rings is 1. The van der Waals surface area contributed by atoms with Gasteiger partial charge in [0.15, 0.2) is 8.32 Å². The van der Waals surface area contributed by atoms with Crippen molar-refractivity contribution in [1.82, 2.24) is 0 Å². The highest BCUT2D eigenvalue weighted by atomic mass is 32.1. The van der Waals surface area contributed by atoms with Gasteiger partial charge in [-0.25, -0.2) is 4.79 Å². The van der Waals surface area contributed by atoms with Gasteiger partial charge in [0.2, 0.25) is 0 Å². The monoisotopic (exact) mass is 804 g/mol. The Kier molecular flexibility index (Phi) is 15.8. The number of rotatable bonds is 18. The van der Waals surface area contributed by atoms with E-state index < -0.39 is 8.32 Å². The summed E-state index contributed by atoms with van der Waals surface area (Å²) in [5, 5.41) is -0.0583. The molecule has 0 radical (unpaired) electrons. The molecule has 1 aromatic heterocycles. The molecule has 1 aliphatic rings. The molecule has 0 amide bonds. The third-order valence-electron chi connectivity index (χ3n) is 12.2. The predicted molar refractivity (Wildman–Crippen MR) is 234 cm³/mol. The number of carbonyl (C=O) groups excluding carboxylic acids is 2. The molecule has 6 nitrogen and oxygen atoms in total. The van der Waals surface area contributed by atoms with Crippen LogP contribution in [0, 0.1) is 16.7 Å². The van der Waals surface area contributed by atoms with Crippen LogP contribution in [-0.2, 0) is 31.7 Å².